The molecule has 0 aliphatic rings. The van der Waals surface area contributed by atoms with Gasteiger partial charge in [-0.2, -0.15) is 0 Å². The van der Waals surface area contributed by atoms with Crippen LogP contribution in [0, 0.1) is 12.7 Å². The van der Waals surface area contributed by atoms with E-state index in [1.165, 1.54) is 12.1 Å². The zero-order valence-corrected chi connectivity index (χ0v) is 11.8. The van der Waals surface area contributed by atoms with Gasteiger partial charge in [0.1, 0.15) is 10.8 Å². The minimum absolute atomic E-state index is 0.331. The van der Waals surface area contributed by atoms with Crippen molar-refractivity contribution in [2.75, 3.05) is 5.32 Å². The third-order valence-corrected chi connectivity index (χ3v) is 3.26. The molecule has 0 fully saturated rings. The summed E-state index contributed by atoms with van der Waals surface area (Å²) in [5.41, 5.74) is 8.88. The maximum absolute atomic E-state index is 13.0. The second-order valence-electron chi connectivity index (χ2n) is 4.14. The van der Waals surface area contributed by atoms with E-state index in [-0.39, 0.29) is 5.82 Å². The van der Waals surface area contributed by atoms with Crippen molar-refractivity contribution < 1.29 is 4.39 Å². The molecule has 98 valence electrons. The number of rotatable bonds is 3. The normalized spacial score (nSPS) is 10.3. The van der Waals surface area contributed by atoms with Crippen LogP contribution in [0.4, 0.5) is 15.8 Å². The largest absolute Gasteiger partial charge is 0.389 e. The van der Waals surface area contributed by atoms with Gasteiger partial charge >= 0.3 is 0 Å². The van der Waals surface area contributed by atoms with Crippen molar-refractivity contribution in [2.24, 2.45) is 5.73 Å². The number of nitrogens with two attached hydrogens (primary N) is 1. The van der Waals surface area contributed by atoms with E-state index in [4.69, 9.17) is 29.6 Å². The highest BCUT2D eigenvalue weighted by Crippen LogP contribution is 2.28. The molecule has 0 heterocycles. The summed E-state index contributed by atoms with van der Waals surface area (Å²) in [7, 11) is 0. The van der Waals surface area contributed by atoms with Gasteiger partial charge in [-0.3, -0.25) is 0 Å². The SMILES string of the molecule is Cc1cc(C(N)=S)ccc1Nc1ccc(F)cc1Cl. The zero-order valence-electron chi connectivity index (χ0n) is 10.2. The fourth-order valence-corrected chi connectivity index (χ4v) is 2.03. The van der Waals surface area contributed by atoms with Crippen molar-refractivity contribution >= 4 is 40.2 Å². The summed E-state index contributed by atoms with van der Waals surface area (Å²) in [6.45, 7) is 1.93. The lowest BCUT2D eigenvalue weighted by Crippen LogP contribution is -2.09. The zero-order chi connectivity index (χ0) is 14.0. The van der Waals surface area contributed by atoms with Crippen LogP contribution in [-0.4, -0.2) is 4.99 Å². The van der Waals surface area contributed by atoms with E-state index in [2.05, 4.69) is 5.32 Å². The second-order valence-corrected chi connectivity index (χ2v) is 4.99. The summed E-state index contributed by atoms with van der Waals surface area (Å²) >= 11 is 10.9. The molecule has 2 nitrogen and oxygen atoms in total. The summed E-state index contributed by atoms with van der Waals surface area (Å²) in [6, 6.07) is 9.80. The van der Waals surface area contributed by atoms with Crippen LogP contribution in [-0.2, 0) is 0 Å². The number of aryl methyl sites for hydroxylation is 1. The molecule has 2 rings (SSSR count). The first-order valence-electron chi connectivity index (χ1n) is 5.60. The average molecular weight is 295 g/mol. The molecule has 5 heteroatoms. The number of benzene rings is 2. The van der Waals surface area contributed by atoms with Gasteiger partial charge in [0, 0.05) is 11.3 Å². The molecule has 2 aromatic carbocycles. The van der Waals surface area contributed by atoms with Crippen LogP contribution in [0.25, 0.3) is 0 Å². The molecule has 0 unspecified atom stereocenters. The van der Waals surface area contributed by atoms with Gasteiger partial charge < -0.3 is 11.1 Å². The smallest absolute Gasteiger partial charge is 0.124 e. The fraction of sp³-hybridized carbons (Fsp3) is 0.0714. The number of nitrogens with one attached hydrogen (secondary N) is 1. The molecule has 0 saturated heterocycles. The van der Waals surface area contributed by atoms with Crippen molar-refractivity contribution in [2.45, 2.75) is 6.92 Å². The molecule has 3 N–H and O–H groups in total. The van der Waals surface area contributed by atoms with Gasteiger partial charge in [0.2, 0.25) is 0 Å². The van der Waals surface area contributed by atoms with Gasteiger partial charge in [0.15, 0.2) is 0 Å². The lowest BCUT2D eigenvalue weighted by Gasteiger charge is -2.12. The Hall–Kier alpha value is -1.65. The number of anilines is 2. The first-order valence-corrected chi connectivity index (χ1v) is 6.38. The van der Waals surface area contributed by atoms with Crippen LogP contribution in [0.15, 0.2) is 36.4 Å². The Morgan fingerprint density at radius 1 is 1.21 bits per heavy atom. The Morgan fingerprint density at radius 2 is 1.89 bits per heavy atom. The predicted molar refractivity (Wildman–Crippen MR) is 81.8 cm³/mol. The van der Waals surface area contributed by atoms with E-state index in [1.807, 2.05) is 25.1 Å². The summed E-state index contributed by atoms with van der Waals surface area (Å²) < 4.78 is 13.0. The Bertz CT molecular complexity index is 643. The highest BCUT2D eigenvalue weighted by Gasteiger charge is 2.06. The third kappa shape index (κ3) is 3.22. The molecule has 0 radical (unpaired) electrons. The monoisotopic (exact) mass is 294 g/mol. The highest BCUT2D eigenvalue weighted by molar-refractivity contribution is 7.80. The van der Waals surface area contributed by atoms with E-state index >= 15 is 0 Å². The second kappa shape index (κ2) is 5.55. The highest BCUT2D eigenvalue weighted by atomic mass is 35.5. The number of hydrogen-bond acceptors (Lipinski definition) is 2. The van der Waals surface area contributed by atoms with Gasteiger partial charge in [0.25, 0.3) is 0 Å². The molecule has 2 aromatic rings. The maximum Gasteiger partial charge on any atom is 0.124 e. The molecule has 19 heavy (non-hydrogen) atoms. The molecular weight excluding hydrogens is 283 g/mol. The Kier molecular flexibility index (Phi) is 4.02. The fourth-order valence-electron chi connectivity index (χ4n) is 1.69. The Balaban J connectivity index is 2.31. The molecule has 0 saturated carbocycles. The van der Waals surface area contributed by atoms with E-state index in [1.54, 1.807) is 6.07 Å². The van der Waals surface area contributed by atoms with Crippen LogP contribution in [0.3, 0.4) is 0 Å². The van der Waals surface area contributed by atoms with Crippen LogP contribution in [0.2, 0.25) is 5.02 Å². The van der Waals surface area contributed by atoms with E-state index < -0.39 is 0 Å². The lowest BCUT2D eigenvalue weighted by atomic mass is 10.1. The molecule has 0 spiro atoms. The van der Waals surface area contributed by atoms with Crippen molar-refractivity contribution in [1.29, 1.82) is 0 Å². The van der Waals surface area contributed by atoms with Crippen LogP contribution < -0.4 is 11.1 Å². The molecule has 0 aliphatic heterocycles. The number of thiocarbonyl (C=S) groups is 1. The van der Waals surface area contributed by atoms with E-state index in [0.717, 1.165) is 16.8 Å². The summed E-state index contributed by atoms with van der Waals surface area (Å²) in [4.78, 5) is 0.356. The first kappa shape index (κ1) is 13.8. The van der Waals surface area contributed by atoms with Crippen molar-refractivity contribution in [1.82, 2.24) is 0 Å². The predicted octanol–water partition coefficient (Wildman–Crippen LogP) is 4.17. The van der Waals surface area contributed by atoms with Crippen molar-refractivity contribution in [3.8, 4) is 0 Å². The first-order chi connectivity index (χ1) is 8.97. The minimum atomic E-state index is -0.365. The van der Waals surface area contributed by atoms with Gasteiger partial charge in [-0.25, -0.2) is 4.39 Å². The number of halogens is 2. The van der Waals surface area contributed by atoms with Gasteiger partial charge in [0.05, 0.1) is 10.7 Å². The van der Waals surface area contributed by atoms with Crippen molar-refractivity contribution in [3.05, 3.63) is 58.4 Å². The van der Waals surface area contributed by atoms with E-state index in [9.17, 15) is 4.39 Å². The van der Waals surface area contributed by atoms with Gasteiger partial charge in [-0.15, -0.1) is 0 Å². The van der Waals surface area contributed by atoms with Gasteiger partial charge in [-0.1, -0.05) is 23.8 Å². The average Bonchev–Trinajstić information content (AvgIpc) is 2.34. The van der Waals surface area contributed by atoms with Crippen molar-refractivity contribution in [3.63, 3.8) is 0 Å². The standard InChI is InChI=1S/C14H12ClFN2S/c1-8-6-9(14(17)19)2-4-12(8)18-13-5-3-10(16)7-11(13)15/h2-7,18H,1H3,(H2,17,19). The van der Waals surface area contributed by atoms with Crippen LogP contribution in [0.1, 0.15) is 11.1 Å². The topological polar surface area (TPSA) is 38.0 Å². The third-order valence-electron chi connectivity index (χ3n) is 2.71. The van der Waals surface area contributed by atoms with Crippen LogP contribution in [0.5, 0.6) is 0 Å². The lowest BCUT2D eigenvalue weighted by molar-refractivity contribution is 0.628. The summed E-state index contributed by atoms with van der Waals surface area (Å²) in [5, 5.41) is 3.48. The molecule has 0 aliphatic carbocycles. The summed E-state index contributed by atoms with van der Waals surface area (Å²) in [5.74, 6) is -0.365. The molecular formula is C14H12ClFN2S. The molecule has 0 aromatic heterocycles. The number of hydrogen-bond donors (Lipinski definition) is 2. The van der Waals surface area contributed by atoms with Gasteiger partial charge in [-0.05, 0) is 48.9 Å². The Morgan fingerprint density at radius 3 is 2.47 bits per heavy atom. The molecule has 0 bridgehead atoms. The minimum Gasteiger partial charge on any atom is -0.389 e. The quantitative estimate of drug-likeness (QED) is 0.835. The van der Waals surface area contributed by atoms with E-state index in [0.29, 0.717) is 15.7 Å². The van der Waals surface area contributed by atoms with Crippen LogP contribution >= 0.6 is 23.8 Å². The molecule has 0 atom stereocenters. The summed E-state index contributed by atoms with van der Waals surface area (Å²) in [6.07, 6.45) is 0. The maximum atomic E-state index is 13.0. The Labute approximate surface area is 121 Å². The molecule has 0 amide bonds.